The SMILES string of the molecule is CCCOc1ccc(C(=O)Nc2cccc3c2OC(c2nn[nH]n2)CO3)cc1. The zero-order valence-corrected chi connectivity index (χ0v) is 15.2. The highest BCUT2D eigenvalue weighted by Crippen LogP contribution is 2.41. The molecule has 1 amide bonds. The van der Waals surface area contributed by atoms with Gasteiger partial charge in [-0.1, -0.05) is 18.2 Å². The number of carbonyl (C=O) groups excluding carboxylic acids is 1. The standard InChI is InChI=1S/C19H19N5O4/c1-2-10-26-13-8-6-12(7-9-13)19(25)20-14-4-3-5-15-17(14)28-16(11-27-15)18-21-23-24-22-18/h3-9,16H,2,10-11H2,1H3,(H,20,25)(H,21,22,23,24). The molecule has 0 radical (unpaired) electrons. The predicted molar refractivity (Wildman–Crippen MR) is 99.7 cm³/mol. The molecular formula is C19H19N5O4. The average molecular weight is 381 g/mol. The van der Waals surface area contributed by atoms with E-state index >= 15 is 0 Å². The van der Waals surface area contributed by atoms with E-state index in [9.17, 15) is 4.79 Å². The molecular weight excluding hydrogens is 362 g/mol. The highest BCUT2D eigenvalue weighted by molar-refractivity contribution is 6.05. The number of nitrogens with zero attached hydrogens (tertiary/aromatic N) is 3. The Kier molecular flexibility index (Phi) is 5.05. The Morgan fingerprint density at radius 2 is 2.14 bits per heavy atom. The van der Waals surface area contributed by atoms with Gasteiger partial charge in [-0.15, -0.1) is 10.2 Å². The lowest BCUT2D eigenvalue weighted by Gasteiger charge is -2.26. The molecule has 2 heterocycles. The van der Waals surface area contributed by atoms with E-state index in [-0.39, 0.29) is 12.5 Å². The summed E-state index contributed by atoms with van der Waals surface area (Å²) in [5, 5.41) is 16.7. The van der Waals surface area contributed by atoms with Gasteiger partial charge in [0.1, 0.15) is 12.4 Å². The molecule has 28 heavy (non-hydrogen) atoms. The van der Waals surface area contributed by atoms with Crippen molar-refractivity contribution < 1.29 is 19.0 Å². The van der Waals surface area contributed by atoms with Crippen LogP contribution in [0, 0.1) is 0 Å². The van der Waals surface area contributed by atoms with Gasteiger partial charge >= 0.3 is 0 Å². The number of amides is 1. The van der Waals surface area contributed by atoms with E-state index in [0.29, 0.717) is 35.2 Å². The number of hydrogen-bond donors (Lipinski definition) is 2. The first-order chi connectivity index (χ1) is 13.7. The molecule has 9 heteroatoms. The number of nitrogens with one attached hydrogen (secondary N) is 2. The number of tetrazole rings is 1. The summed E-state index contributed by atoms with van der Waals surface area (Å²) in [5.74, 6) is 1.83. The number of H-pyrrole nitrogens is 1. The molecule has 0 saturated heterocycles. The van der Waals surface area contributed by atoms with Crippen molar-refractivity contribution in [3.8, 4) is 17.2 Å². The number of fused-ring (bicyclic) bond motifs is 1. The fourth-order valence-electron chi connectivity index (χ4n) is 2.74. The number of carbonyl (C=O) groups is 1. The van der Waals surface area contributed by atoms with Gasteiger partial charge in [0, 0.05) is 5.56 Å². The number of anilines is 1. The van der Waals surface area contributed by atoms with E-state index in [1.807, 2.05) is 6.92 Å². The number of hydrogen-bond acceptors (Lipinski definition) is 7. The predicted octanol–water partition coefficient (Wildman–Crippen LogP) is 2.75. The van der Waals surface area contributed by atoms with Gasteiger partial charge in [-0.25, -0.2) is 0 Å². The Hall–Kier alpha value is -3.62. The van der Waals surface area contributed by atoms with Crippen LogP contribution in [-0.2, 0) is 0 Å². The molecule has 3 aromatic rings. The molecule has 1 aromatic heterocycles. The molecule has 2 N–H and O–H groups in total. The lowest BCUT2D eigenvalue weighted by atomic mass is 10.2. The maximum absolute atomic E-state index is 12.6. The summed E-state index contributed by atoms with van der Waals surface area (Å²) < 4.78 is 17.2. The molecule has 1 aliphatic rings. The Bertz CT molecular complexity index is 943. The Morgan fingerprint density at radius 3 is 2.89 bits per heavy atom. The van der Waals surface area contributed by atoms with Crippen LogP contribution in [-0.4, -0.2) is 39.7 Å². The second-order valence-corrected chi connectivity index (χ2v) is 6.15. The van der Waals surface area contributed by atoms with Crippen LogP contribution in [0.2, 0.25) is 0 Å². The second-order valence-electron chi connectivity index (χ2n) is 6.15. The first kappa shape index (κ1) is 17.8. The Balaban J connectivity index is 1.50. The number of ether oxygens (including phenoxy) is 3. The van der Waals surface area contributed by atoms with Crippen LogP contribution in [0.5, 0.6) is 17.2 Å². The summed E-state index contributed by atoms with van der Waals surface area (Å²) in [6.45, 7) is 2.93. The van der Waals surface area contributed by atoms with Crippen LogP contribution in [0.15, 0.2) is 42.5 Å². The third kappa shape index (κ3) is 3.73. The largest absolute Gasteiger partial charge is 0.494 e. The van der Waals surface area contributed by atoms with Crippen LogP contribution in [0.1, 0.15) is 35.6 Å². The molecule has 2 aromatic carbocycles. The van der Waals surface area contributed by atoms with Crippen LogP contribution < -0.4 is 19.5 Å². The number of benzene rings is 2. The smallest absolute Gasteiger partial charge is 0.255 e. The minimum atomic E-state index is -0.515. The number of rotatable bonds is 6. The molecule has 0 spiro atoms. The summed E-state index contributed by atoms with van der Waals surface area (Å²) in [7, 11) is 0. The molecule has 144 valence electrons. The molecule has 0 aliphatic carbocycles. The molecule has 0 fully saturated rings. The fourth-order valence-corrected chi connectivity index (χ4v) is 2.74. The van der Waals surface area contributed by atoms with Gasteiger partial charge in [0.25, 0.3) is 5.91 Å². The molecule has 4 rings (SSSR count). The minimum absolute atomic E-state index is 0.253. The van der Waals surface area contributed by atoms with E-state index in [2.05, 4.69) is 25.9 Å². The van der Waals surface area contributed by atoms with Crippen molar-refractivity contribution in [1.29, 1.82) is 0 Å². The van der Waals surface area contributed by atoms with Crippen molar-refractivity contribution >= 4 is 11.6 Å². The zero-order chi connectivity index (χ0) is 19.3. The summed E-state index contributed by atoms with van der Waals surface area (Å²) >= 11 is 0. The Labute approximate surface area is 161 Å². The average Bonchev–Trinajstić information content (AvgIpc) is 3.27. The van der Waals surface area contributed by atoms with Gasteiger partial charge < -0.3 is 19.5 Å². The lowest BCUT2D eigenvalue weighted by Crippen LogP contribution is -2.24. The van der Waals surface area contributed by atoms with Gasteiger partial charge in [-0.2, -0.15) is 5.21 Å². The van der Waals surface area contributed by atoms with Gasteiger partial charge in [0.15, 0.2) is 17.6 Å². The fraction of sp³-hybridized carbons (Fsp3) is 0.263. The van der Waals surface area contributed by atoms with E-state index in [1.165, 1.54) is 0 Å². The third-order valence-electron chi connectivity index (χ3n) is 4.12. The highest BCUT2D eigenvalue weighted by atomic mass is 16.6. The third-order valence-corrected chi connectivity index (χ3v) is 4.12. The van der Waals surface area contributed by atoms with Crippen LogP contribution in [0.4, 0.5) is 5.69 Å². The second kappa shape index (κ2) is 7.95. The monoisotopic (exact) mass is 381 g/mol. The van der Waals surface area contributed by atoms with Gasteiger partial charge in [0.05, 0.1) is 12.3 Å². The van der Waals surface area contributed by atoms with Crippen molar-refractivity contribution in [2.45, 2.75) is 19.4 Å². The summed E-state index contributed by atoms with van der Waals surface area (Å²) in [6, 6.07) is 12.3. The van der Waals surface area contributed by atoms with Crippen LogP contribution >= 0.6 is 0 Å². The van der Waals surface area contributed by atoms with Crippen LogP contribution in [0.25, 0.3) is 0 Å². The zero-order valence-electron chi connectivity index (χ0n) is 15.2. The van der Waals surface area contributed by atoms with E-state index in [4.69, 9.17) is 14.2 Å². The van der Waals surface area contributed by atoms with Crippen molar-refractivity contribution in [1.82, 2.24) is 20.6 Å². The topological polar surface area (TPSA) is 111 Å². The molecule has 0 saturated carbocycles. The van der Waals surface area contributed by atoms with E-state index in [0.717, 1.165) is 12.2 Å². The maximum atomic E-state index is 12.6. The summed E-state index contributed by atoms with van der Waals surface area (Å²) in [4.78, 5) is 12.6. The molecule has 9 nitrogen and oxygen atoms in total. The number of para-hydroxylation sites is 1. The van der Waals surface area contributed by atoms with Gasteiger partial charge in [-0.05, 0) is 42.8 Å². The normalized spacial score (nSPS) is 15.1. The first-order valence-corrected chi connectivity index (χ1v) is 8.94. The summed E-state index contributed by atoms with van der Waals surface area (Å²) in [5.41, 5.74) is 1.01. The van der Waals surface area contributed by atoms with Crippen molar-refractivity contribution in [3.05, 3.63) is 53.9 Å². The highest BCUT2D eigenvalue weighted by Gasteiger charge is 2.28. The van der Waals surface area contributed by atoms with Gasteiger partial charge in [0.2, 0.25) is 5.82 Å². The lowest BCUT2D eigenvalue weighted by molar-refractivity contribution is 0.0856. The van der Waals surface area contributed by atoms with Crippen molar-refractivity contribution in [3.63, 3.8) is 0 Å². The van der Waals surface area contributed by atoms with Crippen molar-refractivity contribution in [2.75, 3.05) is 18.5 Å². The maximum Gasteiger partial charge on any atom is 0.255 e. The summed E-state index contributed by atoms with van der Waals surface area (Å²) in [6.07, 6.45) is 0.410. The molecule has 1 atom stereocenters. The van der Waals surface area contributed by atoms with E-state index in [1.54, 1.807) is 42.5 Å². The molecule has 1 unspecified atom stereocenters. The molecule has 1 aliphatic heterocycles. The minimum Gasteiger partial charge on any atom is -0.494 e. The van der Waals surface area contributed by atoms with Crippen LogP contribution in [0.3, 0.4) is 0 Å². The molecule has 0 bridgehead atoms. The number of aromatic amines is 1. The number of aromatic nitrogens is 4. The van der Waals surface area contributed by atoms with Crippen molar-refractivity contribution in [2.24, 2.45) is 0 Å². The quantitative estimate of drug-likeness (QED) is 0.675. The van der Waals surface area contributed by atoms with Gasteiger partial charge in [-0.3, -0.25) is 4.79 Å². The van der Waals surface area contributed by atoms with E-state index < -0.39 is 6.10 Å². The Morgan fingerprint density at radius 1 is 1.29 bits per heavy atom. The first-order valence-electron chi connectivity index (χ1n) is 8.94.